The molecule has 0 spiro atoms. The summed E-state index contributed by atoms with van der Waals surface area (Å²) in [6.07, 6.45) is 3.23. The highest BCUT2D eigenvalue weighted by atomic mass is 16.4. The second kappa shape index (κ2) is 6.12. The van der Waals surface area contributed by atoms with Gasteiger partial charge in [-0.2, -0.15) is 0 Å². The molecule has 0 bridgehead atoms. The zero-order valence-electron chi connectivity index (χ0n) is 12.7. The van der Waals surface area contributed by atoms with Gasteiger partial charge in [0.25, 0.3) is 0 Å². The minimum atomic E-state index is -0.765. The molecule has 20 heavy (non-hydrogen) atoms. The molecule has 1 N–H and O–H groups in total. The average Bonchev–Trinajstić information content (AvgIpc) is 2.98. The number of amides is 1. The average molecular weight is 282 g/mol. The Morgan fingerprint density at radius 1 is 1.30 bits per heavy atom. The summed E-state index contributed by atoms with van der Waals surface area (Å²) in [6, 6.07) is -0.807. The lowest BCUT2D eigenvalue weighted by molar-refractivity contribution is -0.147. The maximum atomic E-state index is 12.5. The molecule has 1 aliphatic carbocycles. The number of aliphatic carboxylic acids is 1. The predicted octanol–water partition coefficient (Wildman–Crippen LogP) is 1.43. The largest absolute Gasteiger partial charge is 0.480 e. The number of carboxylic acids is 1. The van der Waals surface area contributed by atoms with Crippen molar-refractivity contribution in [2.75, 3.05) is 19.6 Å². The highest BCUT2D eigenvalue weighted by molar-refractivity contribution is 5.83. The molecule has 4 atom stereocenters. The normalized spacial score (nSPS) is 31.1. The SMILES string of the molecule is CCN(CC)C(=O)C(C)N1CC2CCCC2C1C(=O)O. The molecular formula is C15H26N2O3. The topological polar surface area (TPSA) is 60.9 Å². The van der Waals surface area contributed by atoms with Crippen molar-refractivity contribution in [2.24, 2.45) is 11.8 Å². The van der Waals surface area contributed by atoms with Crippen LogP contribution in [-0.4, -0.2) is 58.5 Å². The van der Waals surface area contributed by atoms with Crippen LogP contribution in [0.15, 0.2) is 0 Å². The van der Waals surface area contributed by atoms with E-state index in [-0.39, 0.29) is 17.9 Å². The highest BCUT2D eigenvalue weighted by Gasteiger charge is 2.50. The second-order valence-corrected chi connectivity index (χ2v) is 6.02. The summed E-state index contributed by atoms with van der Waals surface area (Å²) in [5, 5.41) is 9.55. The van der Waals surface area contributed by atoms with Gasteiger partial charge in [-0.15, -0.1) is 0 Å². The van der Waals surface area contributed by atoms with Crippen molar-refractivity contribution < 1.29 is 14.7 Å². The van der Waals surface area contributed by atoms with E-state index in [0.717, 1.165) is 25.8 Å². The summed E-state index contributed by atoms with van der Waals surface area (Å²) in [4.78, 5) is 27.8. The van der Waals surface area contributed by atoms with Crippen molar-refractivity contribution in [2.45, 2.75) is 52.1 Å². The molecule has 2 fully saturated rings. The zero-order chi connectivity index (χ0) is 14.9. The minimum Gasteiger partial charge on any atom is -0.480 e. The maximum absolute atomic E-state index is 12.5. The van der Waals surface area contributed by atoms with Gasteiger partial charge >= 0.3 is 5.97 Å². The van der Waals surface area contributed by atoms with Crippen molar-refractivity contribution >= 4 is 11.9 Å². The Kier molecular flexibility index (Phi) is 4.68. The first kappa shape index (κ1) is 15.3. The number of hydrogen-bond acceptors (Lipinski definition) is 3. The van der Waals surface area contributed by atoms with E-state index in [2.05, 4.69) is 0 Å². The number of rotatable bonds is 5. The molecule has 0 aromatic heterocycles. The molecule has 1 saturated heterocycles. The van der Waals surface area contributed by atoms with E-state index < -0.39 is 12.0 Å². The third-order valence-corrected chi connectivity index (χ3v) is 5.11. The van der Waals surface area contributed by atoms with Crippen LogP contribution < -0.4 is 0 Å². The van der Waals surface area contributed by atoms with Gasteiger partial charge in [0.05, 0.1) is 6.04 Å². The third-order valence-electron chi connectivity index (χ3n) is 5.11. The Balaban J connectivity index is 2.14. The fourth-order valence-electron chi connectivity index (χ4n) is 4.00. The molecule has 5 nitrogen and oxygen atoms in total. The van der Waals surface area contributed by atoms with Crippen LogP contribution >= 0.6 is 0 Å². The maximum Gasteiger partial charge on any atom is 0.321 e. The van der Waals surface area contributed by atoms with Crippen LogP contribution in [0.1, 0.15) is 40.0 Å². The smallest absolute Gasteiger partial charge is 0.321 e. The number of hydrogen-bond donors (Lipinski definition) is 1. The number of carboxylic acid groups (broad SMARTS) is 1. The number of nitrogens with zero attached hydrogens (tertiary/aromatic N) is 2. The van der Waals surface area contributed by atoms with Gasteiger partial charge in [-0.25, -0.2) is 0 Å². The summed E-state index contributed by atoms with van der Waals surface area (Å²) >= 11 is 0. The molecule has 4 unspecified atom stereocenters. The molecule has 1 saturated carbocycles. The predicted molar refractivity (Wildman–Crippen MR) is 76.4 cm³/mol. The monoisotopic (exact) mass is 282 g/mol. The highest BCUT2D eigenvalue weighted by Crippen LogP contribution is 2.43. The van der Waals surface area contributed by atoms with Crippen LogP contribution in [0.4, 0.5) is 0 Å². The first-order valence-electron chi connectivity index (χ1n) is 7.78. The van der Waals surface area contributed by atoms with Crippen LogP contribution in [0.5, 0.6) is 0 Å². The van der Waals surface area contributed by atoms with Gasteiger partial charge in [-0.05, 0) is 45.4 Å². The summed E-state index contributed by atoms with van der Waals surface area (Å²) in [7, 11) is 0. The van der Waals surface area contributed by atoms with Gasteiger partial charge in [-0.3, -0.25) is 14.5 Å². The molecule has 0 radical (unpaired) electrons. The Bertz CT molecular complexity index is 381. The molecule has 2 rings (SSSR count). The van der Waals surface area contributed by atoms with Gasteiger partial charge in [0.1, 0.15) is 6.04 Å². The summed E-state index contributed by atoms with van der Waals surface area (Å²) < 4.78 is 0. The van der Waals surface area contributed by atoms with Crippen LogP contribution in [-0.2, 0) is 9.59 Å². The fourth-order valence-corrected chi connectivity index (χ4v) is 4.00. The molecule has 114 valence electrons. The van der Waals surface area contributed by atoms with Crippen molar-refractivity contribution in [1.29, 1.82) is 0 Å². The van der Waals surface area contributed by atoms with Crippen LogP contribution in [0, 0.1) is 11.8 Å². The molecule has 0 aromatic carbocycles. The van der Waals surface area contributed by atoms with Crippen molar-refractivity contribution in [3.8, 4) is 0 Å². The Hall–Kier alpha value is -1.10. The molecule has 1 aliphatic heterocycles. The number of carbonyl (C=O) groups excluding carboxylic acids is 1. The number of likely N-dealkylation sites (N-methyl/N-ethyl adjacent to an activating group) is 1. The lowest BCUT2D eigenvalue weighted by Gasteiger charge is -2.32. The van der Waals surface area contributed by atoms with Gasteiger partial charge in [-0.1, -0.05) is 6.42 Å². The first-order valence-corrected chi connectivity index (χ1v) is 7.78. The van der Waals surface area contributed by atoms with Crippen LogP contribution in [0.25, 0.3) is 0 Å². The fraction of sp³-hybridized carbons (Fsp3) is 0.867. The van der Waals surface area contributed by atoms with E-state index in [0.29, 0.717) is 19.0 Å². The van der Waals surface area contributed by atoms with E-state index in [1.807, 2.05) is 25.7 Å². The Morgan fingerprint density at radius 2 is 1.95 bits per heavy atom. The molecule has 0 aromatic rings. The standard InChI is InChI=1S/C15H26N2O3/c1-4-16(5-2)14(18)10(3)17-9-11-7-6-8-12(11)13(17)15(19)20/h10-13H,4-9H2,1-3H3,(H,19,20). The van der Waals surface area contributed by atoms with Gasteiger partial charge < -0.3 is 10.0 Å². The Morgan fingerprint density at radius 3 is 2.50 bits per heavy atom. The van der Waals surface area contributed by atoms with E-state index in [9.17, 15) is 14.7 Å². The number of likely N-dealkylation sites (tertiary alicyclic amines) is 1. The van der Waals surface area contributed by atoms with Crippen molar-refractivity contribution in [1.82, 2.24) is 9.80 Å². The molecule has 1 heterocycles. The number of carbonyl (C=O) groups is 2. The van der Waals surface area contributed by atoms with E-state index in [4.69, 9.17) is 0 Å². The molecule has 5 heteroatoms. The van der Waals surface area contributed by atoms with E-state index in [1.54, 1.807) is 4.90 Å². The molecule has 2 aliphatic rings. The number of fused-ring (bicyclic) bond motifs is 1. The van der Waals surface area contributed by atoms with Crippen LogP contribution in [0.3, 0.4) is 0 Å². The summed E-state index contributed by atoms with van der Waals surface area (Å²) in [5.41, 5.74) is 0. The van der Waals surface area contributed by atoms with Crippen molar-refractivity contribution in [3.05, 3.63) is 0 Å². The minimum absolute atomic E-state index is 0.0567. The lowest BCUT2D eigenvalue weighted by Crippen LogP contribution is -2.52. The van der Waals surface area contributed by atoms with Gasteiger partial charge in [0.2, 0.25) is 5.91 Å². The van der Waals surface area contributed by atoms with Gasteiger partial charge in [0, 0.05) is 19.6 Å². The van der Waals surface area contributed by atoms with E-state index in [1.165, 1.54) is 0 Å². The molecule has 1 amide bonds. The lowest BCUT2D eigenvalue weighted by atomic mass is 9.94. The summed E-state index contributed by atoms with van der Waals surface area (Å²) in [5.74, 6) is -0.0117. The van der Waals surface area contributed by atoms with Crippen LogP contribution in [0.2, 0.25) is 0 Å². The van der Waals surface area contributed by atoms with E-state index >= 15 is 0 Å². The second-order valence-electron chi connectivity index (χ2n) is 6.02. The summed E-state index contributed by atoms with van der Waals surface area (Å²) in [6.45, 7) is 7.90. The quantitative estimate of drug-likeness (QED) is 0.828. The first-order chi connectivity index (χ1) is 9.51. The Labute approximate surface area is 120 Å². The van der Waals surface area contributed by atoms with Gasteiger partial charge in [0.15, 0.2) is 0 Å². The van der Waals surface area contributed by atoms with Crippen molar-refractivity contribution in [3.63, 3.8) is 0 Å². The third kappa shape index (κ3) is 2.55. The zero-order valence-corrected chi connectivity index (χ0v) is 12.7. The molecular weight excluding hydrogens is 256 g/mol.